The molecular formula is C15H29NO3. The lowest BCUT2D eigenvalue weighted by molar-refractivity contribution is -0.146. The fraction of sp³-hybridized carbons (Fsp3) is 0.933. The maximum absolute atomic E-state index is 11.4. The van der Waals surface area contributed by atoms with Crippen molar-refractivity contribution in [2.75, 3.05) is 13.7 Å². The van der Waals surface area contributed by atoms with Gasteiger partial charge in [-0.3, -0.25) is 4.79 Å². The second-order valence-corrected chi connectivity index (χ2v) is 6.13. The number of rotatable bonds is 7. The molecule has 1 saturated carbocycles. The highest BCUT2D eigenvalue weighted by atomic mass is 16.5. The van der Waals surface area contributed by atoms with Gasteiger partial charge in [0, 0.05) is 6.61 Å². The number of hydrogen-bond acceptors (Lipinski definition) is 4. The summed E-state index contributed by atoms with van der Waals surface area (Å²) in [5.41, 5.74) is 5.03. The molecule has 0 aliphatic heterocycles. The van der Waals surface area contributed by atoms with E-state index in [1.807, 2.05) is 0 Å². The maximum atomic E-state index is 11.4. The van der Waals surface area contributed by atoms with E-state index in [1.54, 1.807) is 6.92 Å². The lowest BCUT2D eigenvalue weighted by Gasteiger charge is -2.27. The normalized spacial score (nSPS) is 26.7. The van der Waals surface area contributed by atoms with Crippen molar-refractivity contribution in [3.8, 4) is 0 Å². The topological polar surface area (TPSA) is 61.5 Å². The Hall–Kier alpha value is -0.610. The van der Waals surface area contributed by atoms with E-state index < -0.39 is 5.54 Å². The van der Waals surface area contributed by atoms with Crippen LogP contribution in [-0.4, -0.2) is 31.3 Å². The third-order valence-electron chi connectivity index (χ3n) is 3.98. The highest BCUT2D eigenvalue weighted by Gasteiger charge is 2.28. The number of unbranched alkanes of at least 4 members (excludes halogenated alkanes) is 1. The lowest BCUT2D eigenvalue weighted by Crippen LogP contribution is -2.45. The molecule has 1 fully saturated rings. The molecule has 0 aromatic rings. The van der Waals surface area contributed by atoms with E-state index >= 15 is 0 Å². The Morgan fingerprint density at radius 2 is 2.11 bits per heavy atom. The first-order chi connectivity index (χ1) is 8.95. The van der Waals surface area contributed by atoms with Gasteiger partial charge in [-0.15, -0.1) is 0 Å². The standard InChI is InChI=1S/C15H29NO3/c1-12-7-6-8-13(11-12)19-10-5-4-9-15(2,16)14(17)18-3/h12-13H,4-11,16H2,1-3H3. The van der Waals surface area contributed by atoms with Crippen LogP contribution < -0.4 is 5.73 Å². The van der Waals surface area contributed by atoms with Crippen molar-refractivity contribution in [2.24, 2.45) is 11.7 Å². The molecule has 2 N–H and O–H groups in total. The summed E-state index contributed by atoms with van der Waals surface area (Å²) in [6.45, 7) is 4.79. The summed E-state index contributed by atoms with van der Waals surface area (Å²) in [5, 5.41) is 0. The predicted octanol–water partition coefficient (Wildman–Crippen LogP) is 2.64. The highest BCUT2D eigenvalue weighted by molar-refractivity contribution is 5.79. The average molecular weight is 271 g/mol. The van der Waals surface area contributed by atoms with Gasteiger partial charge in [-0.25, -0.2) is 0 Å². The first-order valence-corrected chi connectivity index (χ1v) is 7.44. The molecule has 0 aromatic carbocycles. The van der Waals surface area contributed by atoms with Gasteiger partial charge >= 0.3 is 5.97 Å². The number of carbonyl (C=O) groups is 1. The molecule has 19 heavy (non-hydrogen) atoms. The van der Waals surface area contributed by atoms with Crippen molar-refractivity contribution >= 4 is 5.97 Å². The zero-order chi connectivity index (χ0) is 14.3. The summed E-state index contributed by atoms with van der Waals surface area (Å²) in [6, 6.07) is 0. The van der Waals surface area contributed by atoms with Gasteiger partial charge < -0.3 is 15.2 Å². The molecule has 0 heterocycles. The summed E-state index contributed by atoms with van der Waals surface area (Å²) >= 11 is 0. The minimum Gasteiger partial charge on any atom is -0.468 e. The number of carbonyl (C=O) groups excluding carboxylic acids is 1. The number of methoxy groups -OCH3 is 1. The Kier molecular flexibility index (Phi) is 6.80. The van der Waals surface area contributed by atoms with Crippen LogP contribution in [0.5, 0.6) is 0 Å². The van der Waals surface area contributed by atoms with Crippen LogP contribution in [0.2, 0.25) is 0 Å². The van der Waals surface area contributed by atoms with Crippen LogP contribution in [0.1, 0.15) is 58.8 Å². The Bertz CT molecular complexity index is 279. The fourth-order valence-electron chi connectivity index (χ4n) is 2.71. The van der Waals surface area contributed by atoms with Crippen LogP contribution in [0.25, 0.3) is 0 Å². The minimum absolute atomic E-state index is 0.338. The molecule has 1 aliphatic rings. The third kappa shape index (κ3) is 5.91. The van der Waals surface area contributed by atoms with Crippen molar-refractivity contribution < 1.29 is 14.3 Å². The molecule has 4 heteroatoms. The van der Waals surface area contributed by atoms with E-state index in [9.17, 15) is 4.79 Å². The molecule has 3 unspecified atom stereocenters. The lowest BCUT2D eigenvalue weighted by atomic mass is 9.89. The van der Waals surface area contributed by atoms with E-state index in [2.05, 4.69) is 11.7 Å². The molecule has 112 valence electrons. The van der Waals surface area contributed by atoms with Gasteiger partial charge in [0.1, 0.15) is 5.54 Å². The summed E-state index contributed by atoms with van der Waals surface area (Å²) in [5.74, 6) is 0.458. The van der Waals surface area contributed by atoms with Crippen molar-refractivity contribution in [3.05, 3.63) is 0 Å². The van der Waals surface area contributed by atoms with Gasteiger partial charge in [-0.1, -0.05) is 19.8 Å². The quantitative estimate of drug-likeness (QED) is 0.571. The molecule has 4 nitrogen and oxygen atoms in total. The molecule has 0 bridgehead atoms. The number of nitrogens with two attached hydrogens (primary N) is 1. The second kappa shape index (κ2) is 7.85. The van der Waals surface area contributed by atoms with Gasteiger partial charge in [-0.2, -0.15) is 0 Å². The largest absolute Gasteiger partial charge is 0.468 e. The van der Waals surface area contributed by atoms with Gasteiger partial charge in [0.2, 0.25) is 0 Å². The molecule has 0 spiro atoms. The SMILES string of the molecule is COC(=O)C(C)(N)CCCCOC1CCCC(C)C1. The Morgan fingerprint density at radius 1 is 1.37 bits per heavy atom. The van der Waals surface area contributed by atoms with Crippen LogP contribution >= 0.6 is 0 Å². The predicted molar refractivity (Wildman–Crippen MR) is 75.8 cm³/mol. The Labute approximate surface area is 117 Å². The zero-order valence-corrected chi connectivity index (χ0v) is 12.6. The molecule has 1 aliphatic carbocycles. The summed E-state index contributed by atoms with van der Waals surface area (Å²) < 4.78 is 10.6. The van der Waals surface area contributed by atoms with E-state index in [4.69, 9.17) is 10.5 Å². The molecule has 0 radical (unpaired) electrons. The summed E-state index contributed by atoms with van der Waals surface area (Å²) in [4.78, 5) is 11.4. The molecule has 1 rings (SSSR count). The first kappa shape index (κ1) is 16.4. The van der Waals surface area contributed by atoms with Gasteiger partial charge in [0.05, 0.1) is 13.2 Å². The van der Waals surface area contributed by atoms with Crippen molar-refractivity contribution in [1.29, 1.82) is 0 Å². The molecule has 0 aromatic heterocycles. The first-order valence-electron chi connectivity index (χ1n) is 7.44. The monoisotopic (exact) mass is 271 g/mol. The second-order valence-electron chi connectivity index (χ2n) is 6.13. The molecule has 0 saturated heterocycles. The Morgan fingerprint density at radius 3 is 2.74 bits per heavy atom. The van der Waals surface area contributed by atoms with Crippen molar-refractivity contribution in [2.45, 2.75) is 70.4 Å². The Balaban J connectivity index is 2.09. The maximum Gasteiger partial charge on any atom is 0.325 e. The number of ether oxygens (including phenoxy) is 2. The van der Waals surface area contributed by atoms with Gasteiger partial charge in [0.25, 0.3) is 0 Å². The van der Waals surface area contributed by atoms with E-state index in [0.717, 1.165) is 25.4 Å². The minimum atomic E-state index is -0.867. The van der Waals surface area contributed by atoms with Gasteiger partial charge in [-0.05, 0) is 44.9 Å². The van der Waals surface area contributed by atoms with Crippen LogP contribution in [0, 0.1) is 5.92 Å². The smallest absolute Gasteiger partial charge is 0.325 e. The van der Waals surface area contributed by atoms with Crippen molar-refractivity contribution in [3.63, 3.8) is 0 Å². The van der Waals surface area contributed by atoms with Crippen molar-refractivity contribution in [1.82, 2.24) is 0 Å². The number of hydrogen-bond donors (Lipinski definition) is 1. The molecule has 3 atom stereocenters. The molecule has 0 amide bonds. The third-order valence-corrected chi connectivity index (χ3v) is 3.98. The highest BCUT2D eigenvalue weighted by Crippen LogP contribution is 2.25. The van der Waals surface area contributed by atoms with Crippen LogP contribution in [0.4, 0.5) is 0 Å². The summed E-state index contributed by atoms with van der Waals surface area (Å²) in [6.07, 6.45) is 7.94. The van der Waals surface area contributed by atoms with Crippen LogP contribution in [0.3, 0.4) is 0 Å². The number of esters is 1. The average Bonchev–Trinajstić information content (AvgIpc) is 2.37. The molecular weight excluding hydrogens is 242 g/mol. The summed E-state index contributed by atoms with van der Waals surface area (Å²) in [7, 11) is 1.38. The van der Waals surface area contributed by atoms with E-state index in [-0.39, 0.29) is 5.97 Å². The van der Waals surface area contributed by atoms with E-state index in [0.29, 0.717) is 12.5 Å². The van der Waals surface area contributed by atoms with Crippen LogP contribution in [-0.2, 0) is 14.3 Å². The van der Waals surface area contributed by atoms with Crippen LogP contribution in [0.15, 0.2) is 0 Å². The van der Waals surface area contributed by atoms with Gasteiger partial charge in [0.15, 0.2) is 0 Å². The van der Waals surface area contributed by atoms with E-state index in [1.165, 1.54) is 32.8 Å². The fourth-order valence-corrected chi connectivity index (χ4v) is 2.71. The zero-order valence-electron chi connectivity index (χ0n) is 12.6.